The number of rotatable bonds is 3. The van der Waals surface area contributed by atoms with E-state index in [-0.39, 0.29) is 11.3 Å². The van der Waals surface area contributed by atoms with E-state index in [1.807, 2.05) is 25.1 Å². The van der Waals surface area contributed by atoms with Crippen molar-refractivity contribution >= 4 is 23.1 Å². The summed E-state index contributed by atoms with van der Waals surface area (Å²) in [5.74, 6) is -1.31. The third-order valence-corrected chi connectivity index (χ3v) is 2.90. The van der Waals surface area contributed by atoms with Crippen LogP contribution in [-0.4, -0.2) is 49.9 Å². The zero-order valence-corrected chi connectivity index (χ0v) is 11.7. The fourth-order valence-corrected chi connectivity index (χ4v) is 1.86. The second-order valence-electron chi connectivity index (χ2n) is 4.32. The van der Waals surface area contributed by atoms with Crippen molar-refractivity contribution in [3.63, 3.8) is 0 Å². The maximum atomic E-state index is 11.9. The van der Waals surface area contributed by atoms with Gasteiger partial charge in [0.15, 0.2) is 5.69 Å². The molecule has 2 rings (SSSR count). The second-order valence-corrected chi connectivity index (χ2v) is 4.32. The summed E-state index contributed by atoms with van der Waals surface area (Å²) < 4.78 is 10.8. The monoisotopic (exact) mass is 277 g/mol. The van der Waals surface area contributed by atoms with Crippen molar-refractivity contribution in [1.29, 1.82) is 0 Å². The maximum absolute atomic E-state index is 11.9. The molecule has 106 valence electrons. The van der Waals surface area contributed by atoms with E-state index in [0.29, 0.717) is 5.52 Å². The lowest BCUT2D eigenvalue weighted by atomic mass is 10.2. The van der Waals surface area contributed by atoms with Crippen LogP contribution >= 0.6 is 0 Å². The molecule has 7 heteroatoms. The minimum Gasteiger partial charge on any atom is -0.465 e. The first kappa shape index (κ1) is 13.9. The Balaban J connectivity index is 2.75. The molecule has 0 radical (unpaired) electrons. The Hall–Kier alpha value is -2.57. The average Bonchev–Trinajstić information content (AvgIpc) is 2.83. The fraction of sp³-hybridized carbons (Fsp3) is 0.308. The van der Waals surface area contributed by atoms with Gasteiger partial charge < -0.3 is 14.4 Å². The van der Waals surface area contributed by atoms with Crippen molar-refractivity contribution in [2.24, 2.45) is 0 Å². The van der Waals surface area contributed by atoms with E-state index in [9.17, 15) is 9.59 Å². The lowest BCUT2D eigenvalue weighted by Gasteiger charge is -2.12. The first-order valence-corrected chi connectivity index (χ1v) is 5.86. The number of nitrogens with zero attached hydrogens (tertiary/aromatic N) is 3. The molecule has 0 unspecified atom stereocenters. The summed E-state index contributed by atoms with van der Waals surface area (Å²) >= 11 is 0. The van der Waals surface area contributed by atoms with E-state index in [1.54, 1.807) is 12.3 Å². The van der Waals surface area contributed by atoms with E-state index < -0.39 is 11.9 Å². The molecule has 0 aliphatic carbocycles. The Morgan fingerprint density at radius 3 is 2.40 bits per heavy atom. The van der Waals surface area contributed by atoms with Crippen molar-refractivity contribution < 1.29 is 19.1 Å². The number of esters is 2. The average molecular weight is 277 g/mol. The molecule has 0 saturated heterocycles. The van der Waals surface area contributed by atoms with Crippen LogP contribution in [0.3, 0.4) is 0 Å². The van der Waals surface area contributed by atoms with Gasteiger partial charge in [0.25, 0.3) is 0 Å². The molecule has 2 aromatic heterocycles. The van der Waals surface area contributed by atoms with Gasteiger partial charge in [0.05, 0.1) is 19.7 Å². The number of anilines is 1. The highest BCUT2D eigenvalue weighted by atomic mass is 16.5. The van der Waals surface area contributed by atoms with E-state index in [4.69, 9.17) is 4.74 Å². The van der Waals surface area contributed by atoms with Crippen LogP contribution in [-0.2, 0) is 9.47 Å². The molecule has 0 bridgehead atoms. The summed E-state index contributed by atoms with van der Waals surface area (Å²) in [6, 6.07) is 3.58. The van der Waals surface area contributed by atoms with Gasteiger partial charge in [0, 0.05) is 26.0 Å². The molecule has 0 amide bonds. The van der Waals surface area contributed by atoms with Gasteiger partial charge in [0.1, 0.15) is 5.56 Å². The number of fused-ring (bicyclic) bond motifs is 1. The predicted octanol–water partition coefficient (Wildman–Crippen LogP) is 0.973. The molecule has 0 atom stereocenters. The van der Waals surface area contributed by atoms with Crippen LogP contribution in [0.4, 0.5) is 5.69 Å². The van der Waals surface area contributed by atoms with Crippen LogP contribution in [0.25, 0.3) is 5.52 Å². The lowest BCUT2D eigenvalue weighted by Crippen LogP contribution is -2.11. The molecule has 0 aromatic carbocycles. The van der Waals surface area contributed by atoms with Gasteiger partial charge in [-0.2, -0.15) is 5.10 Å². The number of aromatic nitrogens is 2. The van der Waals surface area contributed by atoms with Gasteiger partial charge in [-0.3, -0.25) is 0 Å². The van der Waals surface area contributed by atoms with Crippen LogP contribution in [0.15, 0.2) is 18.3 Å². The van der Waals surface area contributed by atoms with Gasteiger partial charge in [0.2, 0.25) is 0 Å². The Kier molecular flexibility index (Phi) is 3.60. The van der Waals surface area contributed by atoms with Gasteiger partial charge >= 0.3 is 11.9 Å². The summed E-state index contributed by atoms with van der Waals surface area (Å²) in [4.78, 5) is 25.5. The molecule has 0 N–H and O–H groups in total. The SMILES string of the molecule is COC(=O)c1nn2ccc(N(C)C)cc2c1C(=O)OC. The topological polar surface area (TPSA) is 73.1 Å². The normalized spacial score (nSPS) is 10.4. The van der Waals surface area contributed by atoms with Crippen LogP contribution < -0.4 is 4.90 Å². The standard InChI is InChI=1S/C13H15N3O4/c1-15(2)8-5-6-16-9(7-8)10(12(17)19-3)11(14-16)13(18)20-4/h5-7H,1-4H3. The molecule has 2 heterocycles. The van der Waals surface area contributed by atoms with Crippen molar-refractivity contribution in [2.75, 3.05) is 33.2 Å². The summed E-state index contributed by atoms with van der Waals surface area (Å²) in [7, 11) is 6.24. The third kappa shape index (κ3) is 2.18. The number of hydrogen-bond donors (Lipinski definition) is 0. The second kappa shape index (κ2) is 5.20. The zero-order chi connectivity index (χ0) is 14.9. The number of carbonyl (C=O) groups excluding carboxylic acids is 2. The lowest BCUT2D eigenvalue weighted by molar-refractivity contribution is 0.0553. The first-order chi connectivity index (χ1) is 9.49. The van der Waals surface area contributed by atoms with Crippen molar-refractivity contribution in [3.8, 4) is 0 Å². The molecule has 0 saturated carbocycles. The summed E-state index contributed by atoms with van der Waals surface area (Å²) in [6.45, 7) is 0. The van der Waals surface area contributed by atoms with Gasteiger partial charge in [-0.25, -0.2) is 14.1 Å². The molecule has 0 aliphatic rings. The van der Waals surface area contributed by atoms with Crippen LogP contribution in [0.2, 0.25) is 0 Å². The van der Waals surface area contributed by atoms with Crippen molar-refractivity contribution in [3.05, 3.63) is 29.6 Å². The molecule has 7 nitrogen and oxygen atoms in total. The number of methoxy groups -OCH3 is 2. The van der Waals surface area contributed by atoms with Crippen molar-refractivity contribution in [1.82, 2.24) is 9.61 Å². The zero-order valence-electron chi connectivity index (χ0n) is 11.7. The maximum Gasteiger partial charge on any atom is 0.359 e. The summed E-state index contributed by atoms with van der Waals surface area (Å²) in [5, 5.41) is 4.08. The highest BCUT2D eigenvalue weighted by molar-refractivity contribution is 6.07. The molecule has 0 fully saturated rings. The Morgan fingerprint density at radius 1 is 1.20 bits per heavy atom. The summed E-state index contributed by atoms with van der Waals surface area (Å²) in [6.07, 6.45) is 1.67. The number of ether oxygens (including phenoxy) is 2. The van der Waals surface area contributed by atoms with Gasteiger partial charge in [-0.15, -0.1) is 0 Å². The number of hydrogen-bond acceptors (Lipinski definition) is 6. The molecule has 20 heavy (non-hydrogen) atoms. The van der Waals surface area contributed by atoms with E-state index in [0.717, 1.165) is 5.69 Å². The predicted molar refractivity (Wildman–Crippen MR) is 72.2 cm³/mol. The number of carbonyl (C=O) groups is 2. The summed E-state index contributed by atoms with van der Waals surface area (Å²) in [5.41, 5.74) is 1.40. The molecule has 2 aromatic rings. The van der Waals surface area contributed by atoms with Crippen LogP contribution in [0.1, 0.15) is 20.8 Å². The van der Waals surface area contributed by atoms with Crippen molar-refractivity contribution in [2.45, 2.75) is 0 Å². The third-order valence-electron chi connectivity index (χ3n) is 2.90. The van der Waals surface area contributed by atoms with E-state index in [1.165, 1.54) is 18.7 Å². The quantitative estimate of drug-likeness (QED) is 0.778. The van der Waals surface area contributed by atoms with E-state index >= 15 is 0 Å². The van der Waals surface area contributed by atoms with Crippen LogP contribution in [0.5, 0.6) is 0 Å². The first-order valence-electron chi connectivity index (χ1n) is 5.86. The van der Waals surface area contributed by atoms with Gasteiger partial charge in [-0.05, 0) is 12.1 Å². The van der Waals surface area contributed by atoms with Crippen LogP contribution in [0, 0.1) is 0 Å². The minimum atomic E-state index is -0.680. The fourth-order valence-electron chi connectivity index (χ4n) is 1.86. The molecular formula is C13H15N3O4. The number of pyridine rings is 1. The minimum absolute atomic E-state index is 0.0599. The highest BCUT2D eigenvalue weighted by Gasteiger charge is 2.26. The molecular weight excluding hydrogens is 262 g/mol. The van der Waals surface area contributed by atoms with Gasteiger partial charge in [-0.1, -0.05) is 0 Å². The smallest absolute Gasteiger partial charge is 0.359 e. The largest absolute Gasteiger partial charge is 0.465 e. The molecule has 0 spiro atoms. The molecule has 0 aliphatic heterocycles. The Bertz CT molecular complexity index is 676. The van der Waals surface area contributed by atoms with E-state index in [2.05, 4.69) is 9.84 Å². The Labute approximate surface area is 115 Å². The highest BCUT2D eigenvalue weighted by Crippen LogP contribution is 2.22. The Morgan fingerprint density at radius 2 is 1.85 bits per heavy atom.